The number of hydrogen-bond acceptors (Lipinski definition) is 3. The molecule has 1 saturated carbocycles. The van der Waals surface area contributed by atoms with E-state index in [2.05, 4.69) is 5.10 Å². The Morgan fingerprint density at radius 2 is 2.04 bits per heavy atom. The number of benzene rings is 1. The lowest BCUT2D eigenvalue weighted by Gasteiger charge is -2.23. The maximum atomic E-state index is 12.8. The van der Waals surface area contributed by atoms with Crippen LogP contribution in [0.3, 0.4) is 0 Å². The first-order valence-corrected chi connectivity index (χ1v) is 8.64. The number of rotatable bonds is 3. The Morgan fingerprint density at radius 3 is 2.64 bits per heavy atom. The molecule has 4 rings (SSSR count). The van der Waals surface area contributed by atoms with Gasteiger partial charge in [-0.25, -0.2) is 4.68 Å². The van der Waals surface area contributed by atoms with Crippen LogP contribution >= 0.6 is 0 Å². The van der Waals surface area contributed by atoms with Crippen LogP contribution in [0.15, 0.2) is 36.7 Å². The second kappa shape index (κ2) is 5.72. The topological polar surface area (TPSA) is 75.4 Å². The summed E-state index contributed by atoms with van der Waals surface area (Å²) in [4.78, 5) is 26.3. The van der Waals surface area contributed by atoms with Gasteiger partial charge < -0.3 is 10.0 Å². The minimum atomic E-state index is -0.755. The van der Waals surface area contributed by atoms with E-state index in [9.17, 15) is 14.7 Å². The summed E-state index contributed by atoms with van der Waals surface area (Å²) in [7, 11) is 0. The molecular formula is C19H21N3O3. The summed E-state index contributed by atoms with van der Waals surface area (Å²) in [5.41, 5.74) is 1.82. The van der Waals surface area contributed by atoms with Crippen LogP contribution in [-0.2, 0) is 4.79 Å². The van der Waals surface area contributed by atoms with Gasteiger partial charge in [-0.1, -0.05) is 6.42 Å². The number of aliphatic carboxylic acids is 1. The average molecular weight is 339 g/mol. The van der Waals surface area contributed by atoms with Crippen molar-refractivity contribution in [1.29, 1.82) is 0 Å². The van der Waals surface area contributed by atoms with Gasteiger partial charge in [0.2, 0.25) is 0 Å². The number of aryl methyl sites for hydroxylation is 1. The zero-order valence-corrected chi connectivity index (χ0v) is 14.2. The molecule has 0 radical (unpaired) electrons. The zero-order valence-electron chi connectivity index (χ0n) is 14.2. The van der Waals surface area contributed by atoms with Gasteiger partial charge in [-0.2, -0.15) is 5.10 Å². The number of nitrogens with zero attached hydrogens (tertiary/aromatic N) is 3. The Morgan fingerprint density at radius 1 is 1.28 bits per heavy atom. The summed E-state index contributed by atoms with van der Waals surface area (Å²) >= 11 is 0. The minimum absolute atomic E-state index is 0.0836. The van der Waals surface area contributed by atoms with Crippen molar-refractivity contribution >= 4 is 11.9 Å². The summed E-state index contributed by atoms with van der Waals surface area (Å²) in [6.07, 6.45) is 6.22. The van der Waals surface area contributed by atoms with Gasteiger partial charge in [0, 0.05) is 24.8 Å². The first-order chi connectivity index (χ1) is 12.0. The zero-order chi connectivity index (χ0) is 17.6. The van der Waals surface area contributed by atoms with Crippen molar-refractivity contribution in [3.8, 4) is 5.69 Å². The number of carbonyl (C=O) groups is 2. The fraction of sp³-hybridized carbons (Fsp3) is 0.421. The molecule has 6 nitrogen and oxygen atoms in total. The van der Waals surface area contributed by atoms with Gasteiger partial charge >= 0.3 is 5.97 Å². The SMILES string of the molecule is Cc1cnn(-c2ccc(C(=O)N3C[C@@H]4CCC[C@@]4(C(=O)O)C3)cc2)c1. The Balaban J connectivity index is 1.53. The smallest absolute Gasteiger partial charge is 0.311 e. The molecule has 2 heterocycles. The molecule has 1 N–H and O–H groups in total. The van der Waals surface area contributed by atoms with Crippen LogP contribution in [0.5, 0.6) is 0 Å². The molecule has 1 aliphatic carbocycles. The van der Waals surface area contributed by atoms with Crippen LogP contribution < -0.4 is 0 Å². The number of likely N-dealkylation sites (tertiary alicyclic amines) is 1. The number of aromatic nitrogens is 2. The molecule has 2 atom stereocenters. The van der Waals surface area contributed by atoms with Crippen molar-refractivity contribution in [1.82, 2.24) is 14.7 Å². The molecule has 6 heteroatoms. The fourth-order valence-electron chi connectivity index (χ4n) is 4.29. The van der Waals surface area contributed by atoms with E-state index in [1.165, 1.54) is 0 Å². The lowest BCUT2D eigenvalue weighted by molar-refractivity contribution is -0.149. The third-order valence-corrected chi connectivity index (χ3v) is 5.67. The van der Waals surface area contributed by atoms with E-state index >= 15 is 0 Å². The summed E-state index contributed by atoms with van der Waals surface area (Å²) in [6, 6.07) is 7.31. The second-order valence-corrected chi connectivity index (χ2v) is 7.25. The van der Waals surface area contributed by atoms with Crippen LogP contribution in [0.25, 0.3) is 5.69 Å². The molecule has 0 unspecified atom stereocenters. The first kappa shape index (κ1) is 15.9. The normalized spacial score (nSPS) is 25.2. The molecule has 1 aliphatic heterocycles. The molecule has 25 heavy (non-hydrogen) atoms. The number of carbonyl (C=O) groups excluding carboxylic acids is 1. The van der Waals surface area contributed by atoms with E-state index in [0.717, 1.165) is 24.1 Å². The van der Waals surface area contributed by atoms with E-state index in [-0.39, 0.29) is 11.8 Å². The van der Waals surface area contributed by atoms with Crippen LogP contribution in [0.1, 0.15) is 35.2 Å². The van der Waals surface area contributed by atoms with E-state index in [0.29, 0.717) is 25.1 Å². The van der Waals surface area contributed by atoms with Crippen molar-refractivity contribution in [2.24, 2.45) is 11.3 Å². The quantitative estimate of drug-likeness (QED) is 0.932. The second-order valence-electron chi connectivity index (χ2n) is 7.25. The number of carboxylic acid groups (broad SMARTS) is 1. The van der Waals surface area contributed by atoms with Gasteiger partial charge in [0.25, 0.3) is 5.91 Å². The minimum Gasteiger partial charge on any atom is -0.481 e. The summed E-state index contributed by atoms with van der Waals surface area (Å²) in [5, 5.41) is 13.9. The molecule has 2 fully saturated rings. The van der Waals surface area contributed by atoms with Crippen molar-refractivity contribution in [2.75, 3.05) is 13.1 Å². The molecule has 1 amide bonds. The molecule has 2 aliphatic rings. The van der Waals surface area contributed by atoms with Crippen LogP contribution in [-0.4, -0.2) is 44.8 Å². The van der Waals surface area contributed by atoms with Gasteiger partial charge in [0.1, 0.15) is 0 Å². The maximum absolute atomic E-state index is 12.8. The third kappa shape index (κ3) is 2.52. The molecule has 1 aromatic heterocycles. The van der Waals surface area contributed by atoms with E-state index < -0.39 is 11.4 Å². The van der Waals surface area contributed by atoms with Crippen molar-refractivity contribution in [3.05, 3.63) is 47.8 Å². The predicted octanol–water partition coefficient (Wildman–Crippen LogP) is 2.51. The molecular weight excluding hydrogens is 318 g/mol. The number of hydrogen-bond donors (Lipinski definition) is 1. The standard InChI is InChI=1S/C19H21N3O3/c1-13-9-20-22(10-13)16-6-4-14(5-7-16)17(23)21-11-15-3-2-8-19(15,12-21)18(24)25/h4-7,9-10,15H,2-3,8,11-12H2,1H3,(H,24,25)/t15-,19+/m0/s1. The summed E-state index contributed by atoms with van der Waals surface area (Å²) in [6.45, 7) is 2.85. The summed E-state index contributed by atoms with van der Waals surface area (Å²) in [5.74, 6) is -0.756. The van der Waals surface area contributed by atoms with Crippen LogP contribution in [0.4, 0.5) is 0 Å². The van der Waals surface area contributed by atoms with Crippen molar-refractivity contribution in [3.63, 3.8) is 0 Å². The van der Waals surface area contributed by atoms with E-state index in [1.807, 2.05) is 25.3 Å². The highest BCUT2D eigenvalue weighted by atomic mass is 16.4. The van der Waals surface area contributed by atoms with Crippen LogP contribution in [0, 0.1) is 18.3 Å². The first-order valence-electron chi connectivity index (χ1n) is 8.64. The van der Waals surface area contributed by atoms with Gasteiger partial charge in [0.15, 0.2) is 0 Å². The number of fused-ring (bicyclic) bond motifs is 1. The number of amides is 1. The molecule has 0 bridgehead atoms. The van der Waals surface area contributed by atoms with E-state index in [4.69, 9.17) is 0 Å². The molecule has 2 aromatic rings. The summed E-state index contributed by atoms with van der Waals surface area (Å²) < 4.78 is 1.77. The van der Waals surface area contributed by atoms with Crippen LogP contribution in [0.2, 0.25) is 0 Å². The molecule has 0 spiro atoms. The third-order valence-electron chi connectivity index (χ3n) is 5.67. The average Bonchev–Trinajstić information content (AvgIpc) is 3.28. The highest BCUT2D eigenvalue weighted by molar-refractivity contribution is 5.95. The van der Waals surface area contributed by atoms with Gasteiger partial charge in [0.05, 0.1) is 17.3 Å². The van der Waals surface area contributed by atoms with Gasteiger partial charge in [-0.05, 0) is 55.5 Å². The molecule has 1 saturated heterocycles. The monoisotopic (exact) mass is 339 g/mol. The predicted molar refractivity (Wildman–Crippen MR) is 91.6 cm³/mol. The van der Waals surface area contributed by atoms with Gasteiger partial charge in [-0.15, -0.1) is 0 Å². The largest absolute Gasteiger partial charge is 0.481 e. The Kier molecular flexibility index (Phi) is 3.63. The van der Waals surface area contributed by atoms with Crippen molar-refractivity contribution in [2.45, 2.75) is 26.2 Å². The highest BCUT2D eigenvalue weighted by Crippen LogP contribution is 2.49. The van der Waals surface area contributed by atoms with E-state index in [1.54, 1.807) is 27.9 Å². The number of carboxylic acids is 1. The van der Waals surface area contributed by atoms with Gasteiger partial charge in [-0.3, -0.25) is 9.59 Å². The Bertz CT molecular complexity index is 827. The van der Waals surface area contributed by atoms with Crippen molar-refractivity contribution < 1.29 is 14.7 Å². The lowest BCUT2D eigenvalue weighted by atomic mass is 9.81. The fourth-order valence-corrected chi connectivity index (χ4v) is 4.29. The molecule has 1 aromatic carbocycles. The maximum Gasteiger partial charge on any atom is 0.311 e. The Labute approximate surface area is 146 Å². The lowest BCUT2D eigenvalue weighted by Crippen LogP contribution is -2.37. The molecule has 130 valence electrons. The Hall–Kier alpha value is -2.63. The highest BCUT2D eigenvalue weighted by Gasteiger charge is 2.55.